The van der Waals surface area contributed by atoms with Crippen molar-refractivity contribution in [1.82, 2.24) is 14.5 Å². The summed E-state index contributed by atoms with van der Waals surface area (Å²) < 4.78 is 2.10. The van der Waals surface area contributed by atoms with Crippen molar-refractivity contribution in [2.75, 3.05) is 6.54 Å². The van der Waals surface area contributed by atoms with Gasteiger partial charge in [0.15, 0.2) is 0 Å². The van der Waals surface area contributed by atoms with Gasteiger partial charge in [-0.2, -0.15) is 0 Å². The van der Waals surface area contributed by atoms with Crippen molar-refractivity contribution in [3.8, 4) is 0 Å². The first kappa shape index (κ1) is 10.3. The zero-order valence-electron chi connectivity index (χ0n) is 8.68. The first-order valence-electron chi connectivity index (χ1n) is 4.89. The number of nitrogens with zero attached hydrogens (tertiary/aromatic N) is 3. The van der Waals surface area contributed by atoms with E-state index in [-0.39, 0.29) is 0 Å². The van der Waals surface area contributed by atoms with Crippen LogP contribution in [0.3, 0.4) is 0 Å². The van der Waals surface area contributed by atoms with Crippen molar-refractivity contribution in [2.24, 2.45) is 5.73 Å². The van der Waals surface area contributed by atoms with Crippen LogP contribution in [0.25, 0.3) is 0 Å². The number of hydrogen-bond acceptors (Lipinski definition) is 4. The molecule has 5 heteroatoms. The van der Waals surface area contributed by atoms with Crippen molar-refractivity contribution in [3.63, 3.8) is 0 Å². The Bertz CT molecular complexity index is 432. The van der Waals surface area contributed by atoms with Crippen LogP contribution in [0.4, 0.5) is 0 Å². The smallest absolute Gasteiger partial charge is 0.0951 e. The molecule has 0 amide bonds. The average Bonchev–Trinajstić information content (AvgIpc) is 2.78. The lowest BCUT2D eigenvalue weighted by atomic mass is 10.3. The zero-order valence-corrected chi connectivity index (χ0v) is 9.50. The first-order valence-corrected chi connectivity index (χ1v) is 5.77. The molecule has 0 aliphatic heterocycles. The number of imidazole rings is 1. The molecule has 2 heterocycles. The van der Waals surface area contributed by atoms with Gasteiger partial charge < -0.3 is 10.3 Å². The van der Waals surface area contributed by atoms with Crippen LogP contribution in [-0.2, 0) is 13.0 Å². The highest BCUT2D eigenvalue weighted by Gasteiger charge is 2.04. The number of nitrogens with two attached hydrogens (primary N) is 1. The maximum atomic E-state index is 5.53. The van der Waals surface area contributed by atoms with Gasteiger partial charge in [-0.15, -0.1) is 11.3 Å². The molecule has 0 atom stereocenters. The third kappa shape index (κ3) is 2.43. The highest BCUT2D eigenvalue weighted by molar-refractivity contribution is 7.09. The van der Waals surface area contributed by atoms with Crippen LogP contribution in [0.5, 0.6) is 0 Å². The molecule has 15 heavy (non-hydrogen) atoms. The summed E-state index contributed by atoms with van der Waals surface area (Å²) in [5.41, 5.74) is 7.79. The van der Waals surface area contributed by atoms with Gasteiger partial charge in [0.1, 0.15) is 0 Å². The highest BCUT2D eigenvalue weighted by atomic mass is 32.1. The van der Waals surface area contributed by atoms with Gasteiger partial charge in [0.05, 0.1) is 23.6 Å². The molecule has 0 saturated carbocycles. The second-order valence-electron chi connectivity index (χ2n) is 3.41. The fraction of sp³-hybridized carbons (Fsp3) is 0.400. The van der Waals surface area contributed by atoms with Gasteiger partial charge in [-0.25, -0.2) is 9.97 Å². The van der Waals surface area contributed by atoms with E-state index in [1.54, 1.807) is 11.3 Å². The van der Waals surface area contributed by atoms with Gasteiger partial charge in [-0.05, 0) is 13.5 Å². The van der Waals surface area contributed by atoms with Gasteiger partial charge in [0.2, 0.25) is 0 Å². The summed E-state index contributed by atoms with van der Waals surface area (Å²) in [5.74, 6) is 0. The van der Waals surface area contributed by atoms with Crippen molar-refractivity contribution in [3.05, 3.63) is 34.3 Å². The van der Waals surface area contributed by atoms with E-state index in [4.69, 9.17) is 5.73 Å². The lowest BCUT2D eigenvalue weighted by Crippen LogP contribution is -2.09. The summed E-state index contributed by atoms with van der Waals surface area (Å²) in [7, 11) is 0. The minimum atomic E-state index is 0.655. The molecule has 0 saturated heterocycles. The maximum Gasteiger partial charge on any atom is 0.0951 e. The van der Waals surface area contributed by atoms with Crippen molar-refractivity contribution < 1.29 is 0 Å². The van der Waals surface area contributed by atoms with E-state index in [0.29, 0.717) is 6.54 Å². The minimum absolute atomic E-state index is 0.655. The Morgan fingerprint density at radius 3 is 3.07 bits per heavy atom. The number of hydrogen-bond donors (Lipinski definition) is 1. The third-order valence-electron chi connectivity index (χ3n) is 2.20. The van der Waals surface area contributed by atoms with Crippen molar-refractivity contribution in [2.45, 2.75) is 19.9 Å². The second-order valence-corrected chi connectivity index (χ2v) is 4.47. The molecule has 0 aromatic carbocycles. The highest BCUT2D eigenvalue weighted by Crippen LogP contribution is 2.10. The van der Waals surface area contributed by atoms with Crippen LogP contribution < -0.4 is 5.73 Å². The molecule has 0 bridgehead atoms. The zero-order chi connectivity index (χ0) is 10.7. The van der Waals surface area contributed by atoms with Crippen LogP contribution in [0.2, 0.25) is 0 Å². The Labute approximate surface area is 92.8 Å². The number of rotatable bonds is 4. The van der Waals surface area contributed by atoms with Gasteiger partial charge in [-0.1, -0.05) is 0 Å². The Hall–Kier alpha value is -1.20. The van der Waals surface area contributed by atoms with Gasteiger partial charge in [-0.3, -0.25) is 0 Å². The van der Waals surface area contributed by atoms with Crippen molar-refractivity contribution in [1.29, 1.82) is 0 Å². The summed E-state index contributed by atoms with van der Waals surface area (Å²) in [6.45, 7) is 3.46. The molecule has 0 unspecified atom stereocenters. The molecule has 0 fully saturated rings. The fourth-order valence-corrected chi connectivity index (χ4v) is 2.11. The largest absolute Gasteiger partial charge is 0.330 e. The molecule has 0 spiro atoms. The Balaban J connectivity index is 2.13. The minimum Gasteiger partial charge on any atom is -0.330 e. The standard InChI is InChI=1S/C10H14N4S/c1-8-13-9(6-15-8)5-14-7-12-4-10(14)2-3-11/h4,6-7H,2-3,5,11H2,1H3. The Kier molecular flexibility index (Phi) is 3.13. The summed E-state index contributed by atoms with van der Waals surface area (Å²) in [6, 6.07) is 0. The van der Waals surface area contributed by atoms with E-state index in [1.165, 1.54) is 5.69 Å². The van der Waals surface area contributed by atoms with E-state index in [1.807, 2.05) is 19.4 Å². The lowest BCUT2D eigenvalue weighted by molar-refractivity contribution is 0.720. The third-order valence-corrected chi connectivity index (χ3v) is 3.02. The monoisotopic (exact) mass is 222 g/mol. The van der Waals surface area contributed by atoms with Gasteiger partial charge >= 0.3 is 0 Å². The van der Waals surface area contributed by atoms with Crippen LogP contribution in [-0.4, -0.2) is 21.1 Å². The van der Waals surface area contributed by atoms with Gasteiger partial charge in [0.25, 0.3) is 0 Å². The second kappa shape index (κ2) is 4.55. The topological polar surface area (TPSA) is 56.7 Å². The molecule has 80 valence electrons. The summed E-state index contributed by atoms with van der Waals surface area (Å²) >= 11 is 1.68. The molecule has 2 aromatic heterocycles. The van der Waals surface area contributed by atoms with E-state index < -0.39 is 0 Å². The molecule has 4 nitrogen and oxygen atoms in total. The normalized spacial score (nSPS) is 10.8. The Morgan fingerprint density at radius 2 is 2.40 bits per heavy atom. The van der Waals surface area contributed by atoms with Gasteiger partial charge in [0, 0.05) is 23.7 Å². The molecule has 2 N–H and O–H groups in total. The molecule has 0 aliphatic rings. The summed E-state index contributed by atoms with van der Waals surface area (Å²) in [5, 5.41) is 3.19. The van der Waals surface area contributed by atoms with Crippen LogP contribution in [0.1, 0.15) is 16.4 Å². The van der Waals surface area contributed by atoms with E-state index in [2.05, 4.69) is 19.9 Å². The number of aryl methyl sites for hydroxylation is 1. The van der Waals surface area contributed by atoms with Crippen LogP contribution in [0, 0.1) is 6.92 Å². The predicted molar refractivity (Wildman–Crippen MR) is 60.9 cm³/mol. The maximum absolute atomic E-state index is 5.53. The predicted octanol–water partition coefficient (Wildman–Crippen LogP) is 1.20. The van der Waals surface area contributed by atoms with Crippen LogP contribution in [0.15, 0.2) is 17.9 Å². The molecular weight excluding hydrogens is 208 g/mol. The number of thiazole rings is 1. The number of aromatic nitrogens is 3. The van der Waals surface area contributed by atoms with E-state index >= 15 is 0 Å². The molecular formula is C10H14N4S. The Morgan fingerprint density at radius 1 is 1.53 bits per heavy atom. The fourth-order valence-electron chi connectivity index (χ4n) is 1.50. The quantitative estimate of drug-likeness (QED) is 0.845. The van der Waals surface area contributed by atoms with Crippen molar-refractivity contribution >= 4 is 11.3 Å². The summed E-state index contributed by atoms with van der Waals surface area (Å²) in [6.07, 6.45) is 4.56. The summed E-state index contributed by atoms with van der Waals surface area (Å²) in [4.78, 5) is 8.55. The first-order chi connectivity index (χ1) is 7.29. The SMILES string of the molecule is Cc1nc(Cn2cncc2CCN)cs1. The average molecular weight is 222 g/mol. The molecule has 2 rings (SSSR count). The molecule has 2 aromatic rings. The lowest BCUT2D eigenvalue weighted by Gasteiger charge is -2.04. The molecule has 0 aliphatic carbocycles. The van der Waals surface area contributed by atoms with Crippen LogP contribution >= 0.6 is 11.3 Å². The molecule has 0 radical (unpaired) electrons. The van der Waals surface area contributed by atoms with E-state index in [0.717, 1.165) is 23.7 Å². The van der Waals surface area contributed by atoms with E-state index in [9.17, 15) is 0 Å².